The van der Waals surface area contributed by atoms with E-state index in [4.69, 9.17) is 11.9 Å². The van der Waals surface area contributed by atoms with Crippen molar-refractivity contribution in [1.29, 1.82) is 0 Å². The summed E-state index contributed by atoms with van der Waals surface area (Å²) in [6.45, 7) is 0. The monoisotopic (exact) mass is 248 g/mol. The van der Waals surface area contributed by atoms with Crippen LogP contribution in [0.3, 0.4) is 0 Å². The van der Waals surface area contributed by atoms with Gasteiger partial charge in [0.15, 0.2) is 9.84 Å². The lowest BCUT2D eigenvalue weighted by atomic mass is 10.1. The molecule has 0 aliphatic heterocycles. The number of hydrogen-bond donors (Lipinski definition) is 0. The zero-order valence-electron chi connectivity index (χ0n) is 7.94. The van der Waals surface area contributed by atoms with Crippen molar-refractivity contribution in [2.75, 3.05) is 6.26 Å². The Kier molecular flexibility index (Phi) is 3.71. The second-order valence-corrected chi connectivity index (χ2v) is 5.43. The van der Waals surface area contributed by atoms with Gasteiger partial charge in [-0.1, -0.05) is 12.1 Å². The molecule has 0 radical (unpaired) electrons. The molecule has 0 N–H and O–H groups in total. The number of benzene rings is 1. The van der Waals surface area contributed by atoms with Crippen molar-refractivity contribution in [3.8, 4) is 0 Å². The van der Waals surface area contributed by atoms with E-state index in [0.717, 1.165) is 6.26 Å². The van der Waals surface area contributed by atoms with E-state index in [0.29, 0.717) is 5.56 Å². The van der Waals surface area contributed by atoms with Gasteiger partial charge in [0.2, 0.25) is 0 Å². The summed E-state index contributed by atoms with van der Waals surface area (Å²) in [5.74, 6) is -0.717. The number of carbonyl (C=O) groups is 1. The van der Waals surface area contributed by atoms with E-state index in [1.807, 2.05) is 0 Å². The SMILES string of the molecule is CS(=O)(=O)Cc1ccc(C(=O)OCl)cc1. The first-order chi connectivity index (χ1) is 6.92. The average molecular weight is 249 g/mol. The second kappa shape index (κ2) is 4.63. The smallest absolute Gasteiger partial charge is 0.343 e. The quantitative estimate of drug-likeness (QED) is 0.814. The van der Waals surface area contributed by atoms with E-state index < -0.39 is 15.8 Å². The van der Waals surface area contributed by atoms with Crippen LogP contribution >= 0.6 is 11.9 Å². The van der Waals surface area contributed by atoms with Crippen LogP contribution in [0.4, 0.5) is 0 Å². The molecule has 0 heterocycles. The molecular formula is C9H9ClO4S. The minimum Gasteiger partial charge on any atom is -0.343 e. The highest BCUT2D eigenvalue weighted by molar-refractivity contribution is 7.89. The maximum atomic E-state index is 11.0. The highest BCUT2D eigenvalue weighted by atomic mass is 35.5. The van der Waals surface area contributed by atoms with Crippen LogP contribution in [0.15, 0.2) is 24.3 Å². The van der Waals surface area contributed by atoms with Crippen molar-refractivity contribution < 1.29 is 17.5 Å². The molecule has 0 saturated heterocycles. The van der Waals surface area contributed by atoms with Gasteiger partial charge < -0.3 is 4.29 Å². The van der Waals surface area contributed by atoms with Crippen molar-refractivity contribution in [3.63, 3.8) is 0 Å². The number of halogens is 1. The summed E-state index contributed by atoms with van der Waals surface area (Å²) in [5.41, 5.74) is 0.894. The summed E-state index contributed by atoms with van der Waals surface area (Å²) in [6.07, 6.45) is 1.15. The van der Waals surface area contributed by atoms with Crippen LogP contribution in [-0.4, -0.2) is 20.6 Å². The Morgan fingerprint density at radius 3 is 2.27 bits per heavy atom. The third-order valence-corrected chi connectivity index (χ3v) is 2.69. The Bertz CT molecular complexity index is 450. The number of sulfone groups is 1. The highest BCUT2D eigenvalue weighted by Crippen LogP contribution is 2.09. The second-order valence-electron chi connectivity index (χ2n) is 3.13. The standard InChI is InChI=1S/C9H9ClO4S/c1-15(12,13)6-7-2-4-8(5-3-7)9(11)14-10/h2-5H,6H2,1H3. The van der Waals surface area contributed by atoms with Crippen molar-refractivity contribution in [2.24, 2.45) is 0 Å². The van der Waals surface area contributed by atoms with Crippen LogP contribution in [0, 0.1) is 0 Å². The first-order valence-corrected chi connectivity index (χ1v) is 6.39. The zero-order chi connectivity index (χ0) is 11.5. The van der Waals surface area contributed by atoms with Gasteiger partial charge in [0.1, 0.15) is 11.9 Å². The lowest BCUT2D eigenvalue weighted by molar-refractivity contribution is 0.0751. The Hall–Kier alpha value is -1.07. The summed E-state index contributed by atoms with van der Waals surface area (Å²) < 4.78 is 25.9. The summed E-state index contributed by atoms with van der Waals surface area (Å²) in [6, 6.07) is 6.02. The van der Waals surface area contributed by atoms with E-state index in [1.165, 1.54) is 12.1 Å². The molecule has 0 spiro atoms. The number of hydrogen-bond acceptors (Lipinski definition) is 4. The molecule has 1 rings (SSSR count). The van der Waals surface area contributed by atoms with Crippen molar-refractivity contribution >= 4 is 27.7 Å². The Morgan fingerprint density at radius 2 is 1.87 bits per heavy atom. The lowest BCUT2D eigenvalue weighted by Gasteiger charge is -2.00. The van der Waals surface area contributed by atoms with Crippen LogP contribution in [0.1, 0.15) is 15.9 Å². The maximum Gasteiger partial charge on any atom is 0.356 e. The molecule has 0 atom stereocenters. The summed E-state index contributed by atoms with van der Waals surface area (Å²) in [4.78, 5) is 10.9. The van der Waals surface area contributed by atoms with Crippen molar-refractivity contribution in [2.45, 2.75) is 5.75 Å². The van der Waals surface area contributed by atoms with Crippen LogP contribution < -0.4 is 0 Å². The summed E-state index contributed by atoms with van der Waals surface area (Å²) in [5, 5.41) is 0. The van der Waals surface area contributed by atoms with Gasteiger partial charge in [0.05, 0.1) is 11.3 Å². The van der Waals surface area contributed by atoms with Crippen LogP contribution in [-0.2, 0) is 19.9 Å². The molecule has 0 amide bonds. The Balaban J connectivity index is 2.86. The third kappa shape index (κ3) is 3.89. The molecule has 0 saturated carbocycles. The average Bonchev–Trinajstić information content (AvgIpc) is 2.15. The molecule has 0 fully saturated rings. The van der Waals surface area contributed by atoms with Gasteiger partial charge in [-0.3, -0.25) is 0 Å². The Morgan fingerprint density at radius 1 is 1.33 bits per heavy atom. The minimum atomic E-state index is -3.06. The topological polar surface area (TPSA) is 60.4 Å². The first-order valence-electron chi connectivity index (χ1n) is 4.02. The lowest BCUT2D eigenvalue weighted by Crippen LogP contribution is -2.02. The third-order valence-electron chi connectivity index (χ3n) is 1.69. The van der Waals surface area contributed by atoms with Gasteiger partial charge in [-0.15, -0.1) is 0 Å². The number of rotatable bonds is 3. The predicted molar refractivity (Wildman–Crippen MR) is 56.3 cm³/mol. The van der Waals surface area contributed by atoms with Gasteiger partial charge in [0.25, 0.3) is 0 Å². The van der Waals surface area contributed by atoms with Crippen molar-refractivity contribution in [1.82, 2.24) is 0 Å². The minimum absolute atomic E-state index is 0.0524. The molecule has 4 nitrogen and oxygen atoms in total. The van der Waals surface area contributed by atoms with Crippen LogP contribution in [0.5, 0.6) is 0 Å². The van der Waals surface area contributed by atoms with E-state index in [-0.39, 0.29) is 11.3 Å². The van der Waals surface area contributed by atoms with Gasteiger partial charge >= 0.3 is 5.97 Å². The molecule has 0 bridgehead atoms. The first kappa shape index (κ1) is 12.0. The molecule has 0 aliphatic carbocycles. The van der Waals surface area contributed by atoms with E-state index in [9.17, 15) is 13.2 Å². The molecule has 0 aromatic heterocycles. The highest BCUT2D eigenvalue weighted by Gasteiger charge is 2.08. The molecule has 0 aliphatic rings. The van der Waals surface area contributed by atoms with E-state index in [2.05, 4.69) is 4.29 Å². The fraction of sp³-hybridized carbons (Fsp3) is 0.222. The molecule has 6 heteroatoms. The van der Waals surface area contributed by atoms with Crippen LogP contribution in [0.25, 0.3) is 0 Å². The molecular weight excluding hydrogens is 240 g/mol. The summed E-state index contributed by atoms with van der Waals surface area (Å²) in [7, 11) is -3.06. The molecule has 15 heavy (non-hydrogen) atoms. The predicted octanol–water partition coefficient (Wildman–Crippen LogP) is 1.54. The fourth-order valence-electron chi connectivity index (χ4n) is 1.08. The van der Waals surface area contributed by atoms with Crippen LogP contribution in [0.2, 0.25) is 0 Å². The maximum absolute atomic E-state index is 11.0. The van der Waals surface area contributed by atoms with E-state index in [1.54, 1.807) is 12.1 Å². The van der Waals surface area contributed by atoms with Gasteiger partial charge in [0, 0.05) is 6.26 Å². The Labute approximate surface area is 92.9 Å². The summed E-state index contributed by atoms with van der Waals surface area (Å²) >= 11 is 4.89. The number of carbonyl (C=O) groups excluding carboxylic acids is 1. The van der Waals surface area contributed by atoms with Gasteiger partial charge in [-0.25, -0.2) is 13.2 Å². The molecule has 1 aromatic rings. The zero-order valence-corrected chi connectivity index (χ0v) is 9.51. The largest absolute Gasteiger partial charge is 0.356 e. The molecule has 1 aromatic carbocycles. The van der Waals surface area contributed by atoms with E-state index >= 15 is 0 Å². The molecule has 82 valence electrons. The molecule has 0 unspecified atom stereocenters. The fourth-order valence-corrected chi connectivity index (χ4v) is 1.97. The van der Waals surface area contributed by atoms with Gasteiger partial charge in [-0.2, -0.15) is 0 Å². The normalized spacial score (nSPS) is 11.1. The van der Waals surface area contributed by atoms with Gasteiger partial charge in [-0.05, 0) is 17.7 Å². The van der Waals surface area contributed by atoms with Crippen molar-refractivity contribution in [3.05, 3.63) is 35.4 Å².